The molecule has 0 spiro atoms. The lowest BCUT2D eigenvalue weighted by Crippen LogP contribution is -2.14. The number of anilines is 5. The number of fused-ring (bicyclic) bond motifs is 1. The van der Waals surface area contributed by atoms with Gasteiger partial charge in [0.2, 0.25) is 5.91 Å². The van der Waals surface area contributed by atoms with E-state index in [1.54, 1.807) is 6.07 Å². The fraction of sp³-hybridized carbons (Fsp3) is 0.250. The van der Waals surface area contributed by atoms with Gasteiger partial charge >= 0.3 is 0 Å². The highest BCUT2D eigenvalue weighted by atomic mass is 16.1. The van der Waals surface area contributed by atoms with Gasteiger partial charge in [-0.15, -0.1) is 5.10 Å². The summed E-state index contributed by atoms with van der Waals surface area (Å²) in [4.78, 5) is 30.7. The predicted octanol–water partition coefficient (Wildman–Crippen LogP) is 4.88. The number of imidazole rings is 1. The molecule has 0 saturated heterocycles. The lowest BCUT2D eigenvalue weighted by atomic mass is 10.1. The molecule has 0 atom stereocenters. The summed E-state index contributed by atoms with van der Waals surface area (Å²) in [6, 6.07) is 16.8. The third-order valence-electron chi connectivity index (χ3n) is 5.88. The Morgan fingerprint density at radius 1 is 1.05 bits per heavy atom. The minimum atomic E-state index is -0.160. The number of hydrogen-bond donors (Lipinski definition) is 3. The van der Waals surface area contributed by atoms with Crippen molar-refractivity contribution in [3.8, 4) is 6.07 Å². The summed E-state index contributed by atoms with van der Waals surface area (Å²) in [5.41, 5.74) is 5.02. The summed E-state index contributed by atoms with van der Waals surface area (Å²) < 4.78 is 1.46. The second kappa shape index (κ2) is 11.5. The summed E-state index contributed by atoms with van der Waals surface area (Å²) in [5, 5.41) is 23.5. The van der Waals surface area contributed by atoms with Gasteiger partial charge in [-0.25, -0.2) is 4.98 Å². The highest BCUT2D eigenvalue weighted by Gasteiger charge is 2.14. The van der Waals surface area contributed by atoms with Crippen molar-refractivity contribution in [2.24, 2.45) is 0 Å². The largest absolute Gasteiger partial charge is 0.352 e. The molecule has 2 aromatic heterocycles. The average molecular weight is 511 g/mol. The Kier molecular flexibility index (Phi) is 7.99. The van der Waals surface area contributed by atoms with Crippen LogP contribution in [0.15, 0.2) is 54.7 Å². The van der Waals surface area contributed by atoms with E-state index in [2.05, 4.69) is 37.0 Å². The van der Waals surface area contributed by atoms with Gasteiger partial charge in [0, 0.05) is 42.0 Å². The van der Waals surface area contributed by atoms with Gasteiger partial charge in [-0.05, 0) is 63.8 Å². The molecule has 194 valence electrons. The lowest BCUT2D eigenvalue weighted by molar-refractivity contribution is -0.114. The van der Waals surface area contributed by atoms with Crippen LogP contribution in [-0.4, -0.2) is 51.8 Å². The minimum absolute atomic E-state index is 0.0830. The van der Waals surface area contributed by atoms with Crippen LogP contribution in [0.25, 0.3) is 5.65 Å². The van der Waals surface area contributed by atoms with Crippen LogP contribution in [0.3, 0.4) is 0 Å². The molecule has 0 unspecified atom stereocenters. The highest BCUT2D eigenvalue weighted by molar-refractivity contribution is 5.97. The normalized spacial score (nSPS) is 10.8. The summed E-state index contributed by atoms with van der Waals surface area (Å²) in [6.07, 6.45) is 2.72. The monoisotopic (exact) mass is 510 g/mol. The number of hydrogen-bond acceptors (Lipinski definition) is 8. The predicted molar refractivity (Wildman–Crippen MR) is 148 cm³/mol. The Morgan fingerprint density at radius 2 is 1.84 bits per heavy atom. The van der Waals surface area contributed by atoms with Gasteiger partial charge in [0.25, 0.3) is 0 Å². The smallest absolute Gasteiger partial charge is 0.221 e. The van der Waals surface area contributed by atoms with Crippen LogP contribution in [0, 0.1) is 18.3 Å². The Balaban J connectivity index is 1.64. The third kappa shape index (κ3) is 6.32. The van der Waals surface area contributed by atoms with Crippen LogP contribution in [0.2, 0.25) is 0 Å². The Bertz CT molecular complexity index is 1530. The standard InChI is InChI=1S/C28H30N8O2/c1-18-10-11-22(14-24(18)31-19(2)37)33-27-15-25(28-30-17-23(16-29)36(28)34-27)32-21-8-5-7-20(13-21)26(38)9-6-12-35(3)4/h5,7-8,10-11,13-15,17,32H,6,9,12H2,1-4H3,(H,31,37)(H,33,34). The number of ketones is 1. The van der Waals surface area contributed by atoms with E-state index >= 15 is 0 Å². The van der Waals surface area contributed by atoms with Gasteiger partial charge in [-0.1, -0.05) is 18.2 Å². The second-order valence-corrected chi connectivity index (χ2v) is 9.31. The maximum Gasteiger partial charge on any atom is 0.221 e. The number of nitriles is 1. The molecular weight excluding hydrogens is 480 g/mol. The first-order valence-corrected chi connectivity index (χ1v) is 12.2. The number of nitrogens with one attached hydrogen (secondary N) is 3. The van der Waals surface area contributed by atoms with Crippen LogP contribution < -0.4 is 16.0 Å². The van der Waals surface area contributed by atoms with Crippen molar-refractivity contribution in [2.45, 2.75) is 26.7 Å². The minimum Gasteiger partial charge on any atom is -0.352 e. The van der Waals surface area contributed by atoms with Gasteiger partial charge in [-0.3, -0.25) is 9.59 Å². The van der Waals surface area contributed by atoms with E-state index in [1.165, 1.54) is 17.6 Å². The molecule has 0 aliphatic carbocycles. The van der Waals surface area contributed by atoms with E-state index in [1.807, 2.05) is 63.5 Å². The Labute approximate surface area is 221 Å². The van der Waals surface area contributed by atoms with E-state index < -0.39 is 0 Å². The zero-order valence-electron chi connectivity index (χ0n) is 21.9. The molecule has 2 heterocycles. The molecule has 0 fully saturated rings. The van der Waals surface area contributed by atoms with Crippen molar-refractivity contribution in [2.75, 3.05) is 36.6 Å². The third-order valence-corrected chi connectivity index (χ3v) is 5.88. The van der Waals surface area contributed by atoms with Gasteiger partial charge in [0.05, 0.1) is 11.9 Å². The molecule has 4 rings (SSSR count). The van der Waals surface area contributed by atoms with E-state index in [9.17, 15) is 14.9 Å². The molecule has 0 bridgehead atoms. The van der Waals surface area contributed by atoms with Crippen molar-refractivity contribution in [3.63, 3.8) is 0 Å². The van der Waals surface area contributed by atoms with Gasteiger partial charge < -0.3 is 20.9 Å². The molecule has 0 saturated carbocycles. The molecule has 0 aliphatic heterocycles. The fourth-order valence-electron chi connectivity index (χ4n) is 4.00. The zero-order chi connectivity index (χ0) is 27.2. The van der Waals surface area contributed by atoms with Gasteiger partial charge in [0.15, 0.2) is 22.9 Å². The number of aryl methyl sites for hydroxylation is 1. The van der Waals surface area contributed by atoms with Crippen molar-refractivity contribution in [1.29, 1.82) is 5.26 Å². The van der Waals surface area contributed by atoms with Crippen molar-refractivity contribution < 1.29 is 9.59 Å². The van der Waals surface area contributed by atoms with Crippen LogP contribution in [0.1, 0.15) is 41.4 Å². The Hall–Kier alpha value is -4.75. The molecule has 4 aromatic rings. The topological polar surface area (TPSA) is 127 Å². The van der Waals surface area contributed by atoms with Crippen molar-refractivity contribution in [1.82, 2.24) is 19.5 Å². The quantitative estimate of drug-likeness (QED) is 0.258. The number of carbonyl (C=O) groups is 2. The molecule has 2 aromatic carbocycles. The van der Waals surface area contributed by atoms with Crippen LogP contribution >= 0.6 is 0 Å². The lowest BCUT2D eigenvalue weighted by Gasteiger charge is -2.14. The summed E-state index contributed by atoms with van der Waals surface area (Å²) >= 11 is 0. The number of benzene rings is 2. The number of aromatic nitrogens is 3. The molecule has 3 N–H and O–H groups in total. The van der Waals surface area contributed by atoms with Gasteiger partial charge in [0.1, 0.15) is 6.07 Å². The van der Waals surface area contributed by atoms with Crippen LogP contribution in [0.4, 0.5) is 28.6 Å². The maximum atomic E-state index is 12.7. The summed E-state index contributed by atoms with van der Waals surface area (Å²) in [7, 11) is 3.98. The first kappa shape index (κ1) is 26.3. The second-order valence-electron chi connectivity index (χ2n) is 9.31. The van der Waals surface area contributed by atoms with Crippen molar-refractivity contribution in [3.05, 3.63) is 71.5 Å². The molecule has 38 heavy (non-hydrogen) atoms. The fourth-order valence-corrected chi connectivity index (χ4v) is 4.00. The molecule has 0 aliphatic rings. The first-order valence-electron chi connectivity index (χ1n) is 12.2. The van der Waals surface area contributed by atoms with Gasteiger partial charge in [-0.2, -0.15) is 9.78 Å². The summed E-state index contributed by atoms with van der Waals surface area (Å²) in [5.74, 6) is 0.384. The number of amides is 1. The summed E-state index contributed by atoms with van der Waals surface area (Å²) in [6.45, 7) is 4.22. The molecule has 0 radical (unpaired) electrons. The van der Waals surface area contributed by atoms with E-state index in [-0.39, 0.29) is 17.4 Å². The molecular formula is C28H30N8O2. The maximum absolute atomic E-state index is 12.7. The number of Topliss-reactive ketones (excluding diaryl/α,β-unsaturated/α-hetero) is 1. The Morgan fingerprint density at radius 3 is 2.58 bits per heavy atom. The highest BCUT2D eigenvalue weighted by Crippen LogP contribution is 2.28. The van der Waals surface area contributed by atoms with Crippen molar-refractivity contribution >= 4 is 45.9 Å². The van der Waals surface area contributed by atoms with Crippen LogP contribution in [-0.2, 0) is 4.79 Å². The van der Waals surface area contributed by atoms with E-state index in [0.29, 0.717) is 46.2 Å². The molecule has 10 nitrogen and oxygen atoms in total. The van der Waals surface area contributed by atoms with E-state index in [4.69, 9.17) is 0 Å². The first-order chi connectivity index (χ1) is 18.2. The zero-order valence-corrected chi connectivity index (χ0v) is 21.9. The molecule has 1 amide bonds. The average Bonchev–Trinajstić information content (AvgIpc) is 3.29. The number of nitrogens with zero attached hydrogens (tertiary/aromatic N) is 5. The SMILES string of the molecule is CC(=O)Nc1cc(Nc2cc(Nc3cccc(C(=O)CCCN(C)C)c3)c3ncc(C#N)n3n2)ccc1C. The number of carbonyl (C=O) groups excluding carboxylic acids is 2. The van der Waals surface area contributed by atoms with E-state index in [0.717, 1.165) is 18.5 Å². The molecule has 10 heteroatoms. The van der Waals surface area contributed by atoms with Crippen LogP contribution in [0.5, 0.6) is 0 Å². The number of rotatable bonds is 10.